The fraction of sp³-hybridized carbons (Fsp3) is 0.500. The highest BCUT2D eigenvalue weighted by Crippen LogP contribution is 2.31. The number of carbonyl (C=O) groups excluding carboxylic acids is 2. The van der Waals surface area contributed by atoms with Crippen LogP contribution in [0.5, 0.6) is 5.75 Å². The zero-order chi connectivity index (χ0) is 24.7. The summed E-state index contributed by atoms with van der Waals surface area (Å²) in [6.45, 7) is 11.3. The van der Waals surface area contributed by atoms with E-state index in [1.807, 2.05) is 36.4 Å². The van der Waals surface area contributed by atoms with Gasteiger partial charge < -0.3 is 19.1 Å². The van der Waals surface area contributed by atoms with Gasteiger partial charge in [-0.2, -0.15) is 0 Å². The fourth-order valence-corrected chi connectivity index (χ4v) is 4.12. The molecule has 0 bridgehead atoms. The molecule has 2 aromatic rings. The summed E-state index contributed by atoms with van der Waals surface area (Å²) in [7, 11) is 0. The van der Waals surface area contributed by atoms with Crippen LogP contribution in [-0.2, 0) is 20.9 Å². The third kappa shape index (κ3) is 6.75. The molecule has 1 unspecified atom stereocenters. The van der Waals surface area contributed by atoms with Crippen LogP contribution >= 0.6 is 0 Å². The van der Waals surface area contributed by atoms with Crippen LogP contribution in [0.25, 0.3) is 0 Å². The molecule has 1 aliphatic heterocycles. The van der Waals surface area contributed by atoms with Crippen molar-refractivity contribution >= 4 is 12.1 Å². The first-order valence-electron chi connectivity index (χ1n) is 12.2. The topological polar surface area (TPSA) is 65.1 Å². The number of hydrogen-bond acceptors (Lipinski definition) is 5. The number of esters is 1. The maximum absolute atomic E-state index is 12.7. The quantitative estimate of drug-likeness (QED) is 0.443. The minimum absolute atomic E-state index is 0.181. The molecular weight excluding hydrogens is 430 g/mol. The number of carbonyl (C=O) groups is 2. The van der Waals surface area contributed by atoms with Gasteiger partial charge in [-0.05, 0) is 68.4 Å². The van der Waals surface area contributed by atoms with Gasteiger partial charge in [-0.25, -0.2) is 9.59 Å². The Balaban J connectivity index is 1.59. The van der Waals surface area contributed by atoms with E-state index in [4.69, 9.17) is 14.2 Å². The van der Waals surface area contributed by atoms with Gasteiger partial charge in [0.1, 0.15) is 12.4 Å². The second-order valence-corrected chi connectivity index (χ2v) is 9.64. The number of likely N-dealkylation sites (tertiary alicyclic amines) is 1. The van der Waals surface area contributed by atoms with Crippen molar-refractivity contribution in [1.82, 2.24) is 4.90 Å². The Morgan fingerprint density at radius 2 is 1.82 bits per heavy atom. The maximum atomic E-state index is 12.7. The summed E-state index contributed by atoms with van der Waals surface area (Å²) in [5.41, 5.74) is 2.26. The van der Waals surface area contributed by atoms with Gasteiger partial charge >= 0.3 is 12.1 Å². The summed E-state index contributed by atoms with van der Waals surface area (Å²) in [6, 6.07) is 16.0. The molecule has 1 aliphatic rings. The highest BCUT2D eigenvalue weighted by Gasteiger charge is 2.32. The molecule has 0 saturated carbocycles. The van der Waals surface area contributed by atoms with E-state index >= 15 is 0 Å². The average molecular weight is 468 g/mol. The van der Waals surface area contributed by atoms with Gasteiger partial charge in [0.2, 0.25) is 0 Å². The molecule has 6 heteroatoms. The summed E-state index contributed by atoms with van der Waals surface area (Å²) >= 11 is 0. The predicted molar refractivity (Wildman–Crippen MR) is 132 cm³/mol. The van der Waals surface area contributed by atoms with Gasteiger partial charge in [0.25, 0.3) is 0 Å². The van der Waals surface area contributed by atoms with Crippen molar-refractivity contribution in [2.45, 2.75) is 71.5 Å². The first-order chi connectivity index (χ1) is 16.2. The van der Waals surface area contributed by atoms with Crippen molar-refractivity contribution in [3.8, 4) is 5.75 Å². The molecule has 1 atom stereocenters. The molecule has 2 aromatic carbocycles. The lowest BCUT2D eigenvalue weighted by Gasteiger charge is -2.32. The Morgan fingerprint density at radius 3 is 2.50 bits per heavy atom. The van der Waals surface area contributed by atoms with Crippen LogP contribution in [-0.4, -0.2) is 42.3 Å². The van der Waals surface area contributed by atoms with E-state index in [1.165, 1.54) is 5.56 Å². The number of rotatable bonds is 8. The second-order valence-electron chi connectivity index (χ2n) is 9.64. The Bertz CT molecular complexity index is 967. The Hall–Kier alpha value is -3.02. The number of benzene rings is 2. The Kier molecular flexibility index (Phi) is 8.59. The number of amides is 1. The van der Waals surface area contributed by atoms with Crippen LogP contribution in [0.2, 0.25) is 0 Å². The van der Waals surface area contributed by atoms with Gasteiger partial charge in [-0.15, -0.1) is 0 Å². The van der Waals surface area contributed by atoms with E-state index in [1.54, 1.807) is 25.7 Å². The smallest absolute Gasteiger partial charge is 0.410 e. The lowest BCUT2D eigenvalue weighted by atomic mass is 9.90. The number of nitrogens with zero attached hydrogens (tertiary/aromatic N) is 1. The molecule has 0 N–H and O–H groups in total. The summed E-state index contributed by atoms with van der Waals surface area (Å²) < 4.78 is 16.7. The summed E-state index contributed by atoms with van der Waals surface area (Å²) in [5, 5.41) is 0. The fourth-order valence-electron chi connectivity index (χ4n) is 4.12. The highest BCUT2D eigenvalue weighted by molar-refractivity contribution is 5.79. The van der Waals surface area contributed by atoms with Crippen molar-refractivity contribution in [3.05, 3.63) is 65.2 Å². The molecule has 0 aromatic heterocycles. The first kappa shape index (κ1) is 25.6. The molecule has 1 fully saturated rings. The predicted octanol–water partition coefficient (Wildman–Crippen LogP) is 6.05. The van der Waals surface area contributed by atoms with Crippen molar-refractivity contribution in [1.29, 1.82) is 0 Å². The van der Waals surface area contributed by atoms with Crippen LogP contribution in [0.4, 0.5) is 4.79 Å². The second kappa shape index (κ2) is 11.4. The monoisotopic (exact) mass is 467 g/mol. The minimum atomic E-state index is -1.08. The highest BCUT2D eigenvalue weighted by atomic mass is 16.6. The SMILES string of the molecule is CCOC(=O)C(C)(C)Oc1cccc(C2CCCN(C(=O)OCc3ccc(C(C)C)cc3)C2)c1. The van der Waals surface area contributed by atoms with Crippen molar-refractivity contribution in [2.24, 2.45) is 0 Å². The van der Waals surface area contributed by atoms with E-state index < -0.39 is 11.6 Å². The molecule has 184 valence electrons. The van der Waals surface area contributed by atoms with E-state index in [2.05, 4.69) is 26.0 Å². The van der Waals surface area contributed by atoms with E-state index in [9.17, 15) is 9.59 Å². The minimum Gasteiger partial charge on any atom is -0.476 e. The van der Waals surface area contributed by atoms with Crippen LogP contribution in [0.15, 0.2) is 48.5 Å². The molecule has 0 radical (unpaired) electrons. The maximum Gasteiger partial charge on any atom is 0.410 e. The van der Waals surface area contributed by atoms with Crippen LogP contribution < -0.4 is 4.74 Å². The summed E-state index contributed by atoms with van der Waals surface area (Å²) in [6.07, 6.45) is 1.60. The third-order valence-corrected chi connectivity index (χ3v) is 6.16. The van der Waals surface area contributed by atoms with Crippen LogP contribution in [0.1, 0.15) is 76.0 Å². The first-order valence-corrected chi connectivity index (χ1v) is 12.2. The van der Waals surface area contributed by atoms with Gasteiger partial charge in [-0.3, -0.25) is 0 Å². The molecule has 34 heavy (non-hydrogen) atoms. The van der Waals surface area contributed by atoms with Gasteiger partial charge in [0.15, 0.2) is 5.60 Å². The number of ether oxygens (including phenoxy) is 3. The molecule has 1 saturated heterocycles. The largest absolute Gasteiger partial charge is 0.476 e. The molecule has 1 heterocycles. The molecule has 6 nitrogen and oxygen atoms in total. The lowest BCUT2D eigenvalue weighted by molar-refractivity contribution is -0.158. The van der Waals surface area contributed by atoms with E-state index in [-0.39, 0.29) is 18.6 Å². The van der Waals surface area contributed by atoms with Gasteiger partial charge in [0.05, 0.1) is 6.61 Å². The standard InChI is InChI=1S/C28H37NO5/c1-6-32-26(30)28(4,5)34-25-11-7-9-23(17-25)24-10-8-16-29(18-24)27(31)33-19-21-12-14-22(15-13-21)20(2)3/h7,9,11-15,17,20,24H,6,8,10,16,18-19H2,1-5H3. The Morgan fingerprint density at radius 1 is 1.09 bits per heavy atom. The zero-order valence-corrected chi connectivity index (χ0v) is 21.0. The van der Waals surface area contributed by atoms with Crippen molar-refractivity contribution < 1.29 is 23.8 Å². The van der Waals surface area contributed by atoms with Crippen molar-refractivity contribution in [2.75, 3.05) is 19.7 Å². The van der Waals surface area contributed by atoms with Crippen LogP contribution in [0, 0.1) is 0 Å². The number of piperidine rings is 1. The molecule has 0 aliphatic carbocycles. The van der Waals surface area contributed by atoms with Gasteiger partial charge in [0, 0.05) is 19.0 Å². The molecule has 3 rings (SSSR count). The summed E-state index contributed by atoms with van der Waals surface area (Å²) in [4.78, 5) is 26.7. The average Bonchev–Trinajstić information content (AvgIpc) is 2.83. The zero-order valence-electron chi connectivity index (χ0n) is 21.0. The van der Waals surface area contributed by atoms with Gasteiger partial charge in [-0.1, -0.05) is 50.2 Å². The third-order valence-electron chi connectivity index (χ3n) is 6.16. The Labute approximate surface area is 203 Å². The molecule has 0 spiro atoms. The summed E-state index contributed by atoms with van der Waals surface area (Å²) in [5.74, 6) is 0.869. The van der Waals surface area contributed by atoms with E-state index in [0.29, 0.717) is 31.4 Å². The molecular formula is C28H37NO5. The number of hydrogen-bond donors (Lipinski definition) is 0. The molecule has 1 amide bonds. The lowest BCUT2D eigenvalue weighted by Crippen LogP contribution is -2.40. The van der Waals surface area contributed by atoms with E-state index in [0.717, 1.165) is 24.0 Å². The normalized spacial score (nSPS) is 16.3. The van der Waals surface area contributed by atoms with Crippen molar-refractivity contribution in [3.63, 3.8) is 0 Å². The van der Waals surface area contributed by atoms with Crippen LogP contribution in [0.3, 0.4) is 0 Å².